The van der Waals surface area contributed by atoms with Gasteiger partial charge in [0.15, 0.2) is 9.84 Å². The maximum atomic E-state index is 13.1. The van der Waals surface area contributed by atoms with E-state index in [1.54, 1.807) is 20.8 Å². The molecule has 196 valence electrons. The molecule has 0 aliphatic rings. The van der Waals surface area contributed by atoms with E-state index >= 15 is 0 Å². The van der Waals surface area contributed by atoms with Crippen molar-refractivity contribution in [2.24, 2.45) is 0 Å². The number of amides is 1. The molecule has 0 aliphatic heterocycles. The minimum Gasteiger partial charge on any atom is -0.444 e. The summed E-state index contributed by atoms with van der Waals surface area (Å²) >= 11 is 0. The lowest BCUT2D eigenvalue weighted by molar-refractivity contribution is -0.137. The second-order valence-corrected chi connectivity index (χ2v) is 11.1. The SMILES string of the molecule is C/C(Nc1cccc(C(F)(F)F)c1)=C(\C#N)[C@H](NC(=O)OC(C)(C)C)c1ccc(C#N)cc1S(C)(=O)=O. The predicted molar refractivity (Wildman–Crippen MR) is 130 cm³/mol. The fraction of sp³-hybridized carbons (Fsp3) is 0.320. The third-order valence-corrected chi connectivity index (χ3v) is 6.00. The number of carbonyl (C=O) groups is 1. The molecule has 0 aromatic heterocycles. The summed E-state index contributed by atoms with van der Waals surface area (Å²) in [4.78, 5) is 12.4. The molecule has 37 heavy (non-hydrogen) atoms. The summed E-state index contributed by atoms with van der Waals surface area (Å²) in [6.45, 7) is 6.21. The zero-order chi connectivity index (χ0) is 28.2. The van der Waals surface area contributed by atoms with Crippen LogP contribution in [0.2, 0.25) is 0 Å². The van der Waals surface area contributed by atoms with Crippen molar-refractivity contribution in [2.75, 3.05) is 11.6 Å². The lowest BCUT2D eigenvalue weighted by Gasteiger charge is -2.26. The third-order valence-electron chi connectivity index (χ3n) is 4.85. The highest BCUT2D eigenvalue weighted by atomic mass is 32.2. The first-order valence-electron chi connectivity index (χ1n) is 10.7. The van der Waals surface area contributed by atoms with Crippen molar-refractivity contribution < 1.29 is 31.1 Å². The molecule has 1 atom stereocenters. The lowest BCUT2D eigenvalue weighted by Crippen LogP contribution is -2.36. The molecule has 0 heterocycles. The fourth-order valence-corrected chi connectivity index (χ4v) is 4.27. The van der Waals surface area contributed by atoms with Crippen molar-refractivity contribution in [3.63, 3.8) is 0 Å². The van der Waals surface area contributed by atoms with E-state index in [1.807, 2.05) is 12.1 Å². The van der Waals surface area contributed by atoms with Gasteiger partial charge in [0.25, 0.3) is 0 Å². The summed E-state index contributed by atoms with van der Waals surface area (Å²) in [6.07, 6.45) is -4.66. The molecule has 2 aromatic rings. The maximum Gasteiger partial charge on any atom is 0.416 e. The molecule has 0 radical (unpaired) electrons. The minimum atomic E-state index is -4.60. The van der Waals surface area contributed by atoms with Gasteiger partial charge in [0.05, 0.1) is 39.8 Å². The van der Waals surface area contributed by atoms with Crippen molar-refractivity contribution in [2.45, 2.75) is 50.4 Å². The number of ether oxygens (including phenoxy) is 1. The van der Waals surface area contributed by atoms with E-state index in [0.29, 0.717) is 0 Å². The Morgan fingerprint density at radius 3 is 2.24 bits per heavy atom. The van der Waals surface area contributed by atoms with Gasteiger partial charge in [-0.05, 0) is 63.6 Å². The van der Waals surface area contributed by atoms with Crippen LogP contribution < -0.4 is 10.6 Å². The fourth-order valence-electron chi connectivity index (χ4n) is 3.32. The highest BCUT2D eigenvalue weighted by Gasteiger charge is 2.31. The first kappa shape index (κ1) is 29.2. The normalized spacial score (nSPS) is 13.5. The van der Waals surface area contributed by atoms with Gasteiger partial charge in [-0.3, -0.25) is 0 Å². The molecule has 0 unspecified atom stereocenters. The summed E-state index contributed by atoms with van der Waals surface area (Å²) in [5.41, 5.74) is -1.99. The van der Waals surface area contributed by atoms with Crippen molar-refractivity contribution >= 4 is 21.6 Å². The Bertz CT molecular complexity index is 1410. The first-order chi connectivity index (χ1) is 17.0. The van der Waals surface area contributed by atoms with Gasteiger partial charge in [0, 0.05) is 17.6 Å². The topological polar surface area (TPSA) is 132 Å². The quantitative estimate of drug-likeness (QED) is 0.471. The second kappa shape index (κ2) is 10.9. The lowest BCUT2D eigenvalue weighted by atomic mass is 9.96. The van der Waals surface area contributed by atoms with Gasteiger partial charge in [-0.25, -0.2) is 13.2 Å². The second-order valence-electron chi connectivity index (χ2n) is 9.07. The number of hydrogen-bond acceptors (Lipinski definition) is 7. The van der Waals surface area contributed by atoms with Crippen LogP contribution in [-0.4, -0.2) is 26.4 Å². The van der Waals surface area contributed by atoms with Crippen LogP contribution in [0.25, 0.3) is 0 Å². The zero-order valence-electron chi connectivity index (χ0n) is 20.7. The highest BCUT2D eigenvalue weighted by molar-refractivity contribution is 7.90. The van der Waals surface area contributed by atoms with E-state index < -0.39 is 39.3 Å². The van der Waals surface area contributed by atoms with Gasteiger partial charge in [0.2, 0.25) is 0 Å². The number of anilines is 1. The monoisotopic (exact) mass is 534 g/mol. The number of nitriles is 2. The highest BCUT2D eigenvalue weighted by Crippen LogP contribution is 2.33. The Hall–Kier alpha value is -4.03. The number of carbonyl (C=O) groups excluding carboxylic acids is 1. The van der Waals surface area contributed by atoms with E-state index in [-0.39, 0.29) is 33.0 Å². The van der Waals surface area contributed by atoms with E-state index in [2.05, 4.69) is 10.6 Å². The summed E-state index contributed by atoms with van der Waals surface area (Å²) in [7, 11) is -3.95. The zero-order valence-corrected chi connectivity index (χ0v) is 21.5. The number of halogens is 3. The van der Waals surface area contributed by atoms with Gasteiger partial charge in [-0.1, -0.05) is 12.1 Å². The number of hydrogen-bond donors (Lipinski definition) is 2. The molecule has 2 rings (SSSR count). The molecule has 0 fully saturated rings. The number of alkyl halides is 3. The molecule has 8 nitrogen and oxygen atoms in total. The molecule has 0 aliphatic carbocycles. The molecule has 2 N–H and O–H groups in total. The Morgan fingerprint density at radius 2 is 1.73 bits per heavy atom. The van der Waals surface area contributed by atoms with Crippen LogP contribution in [0.4, 0.5) is 23.7 Å². The average Bonchev–Trinajstić information content (AvgIpc) is 2.76. The molecule has 0 saturated carbocycles. The van der Waals surface area contributed by atoms with Gasteiger partial charge in [-0.2, -0.15) is 23.7 Å². The Kier molecular flexibility index (Phi) is 8.63. The Balaban J connectivity index is 2.71. The molecule has 1 amide bonds. The first-order valence-corrected chi connectivity index (χ1v) is 12.6. The Morgan fingerprint density at radius 1 is 1.08 bits per heavy atom. The van der Waals surface area contributed by atoms with E-state index in [4.69, 9.17) is 4.74 Å². The van der Waals surface area contributed by atoms with Crippen LogP contribution in [0, 0.1) is 22.7 Å². The largest absolute Gasteiger partial charge is 0.444 e. The molecule has 2 aromatic carbocycles. The number of alkyl carbamates (subject to hydrolysis) is 1. The average molecular weight is 535 g/mol. The maximum absolute atomic E-state index is 13.1. The van der Waals surface area contributed by atoms with Crippen LogP contribution in [0.15, 0.2) is 58.6 Å². The van der Waals surface area contributed by atoms with E-state index in [1.165, 1.54) is 31.2 Å². The van der Waals surface area contributed by atoms with Crippen LogP contribution >= 0.6 is 0 Å². The summed E-state index contributed by atoms with van der Waals surface area (Å²) in [6, 6.07) is 10.3. The molecule has 0 saturated heterocycles. The number of sulfone groups is 1. The third kappa shape index (κ3) is 7.98. The van der Waals surface area contributed by atoms with Crippen LogP contribution in [-0.2, 0) is 20.8 Å². The van der Waals surface area contributed by atoms with Crippen LogP contribution in [0.5, 0.6) is 0 Å². The van der Waals surface area contributed by atoms with Gasteiger partial charge < -0.3 is 15.4 Å². The van der Waals surface area contributed by atoms with Crippen molar-refractivity contribution in [1.29, 1.82) is 10.5 Å². The van der Waals surface area contributed by atoms with E-state index in [9.17, 15) is 36.9 Å². The number of benzene rings is 2. The van der Waals surface area contributed by atoms with Crippen LogP contribution in [0.3, 0.4) is 0 Å². The molecule has 0 spiro atoms. The number of nitrogens with one attached hydrogen (secondary N) is 2. The van der Waals surface area contributed by atoms with Gasteiger partial charge in [0.1, 0.15) is 5.60 Å². The van der Waals surface area contributed by atoms with Crippen molar-refractivity contribution in [1.82, 2.24) is 5.32 Å². The molecule has 12 heteroatoms. The van der Waals surface area contributed by atoms with Crippen molar-refractivity contribution in [3.05, 3.63) is 70.4 Å². The smallest absolute Gasteiger partial charge is 0.416 e. The standard InChI is InChI=1S/C25H25F3N4O4S/c1-15(31-18-8-6-7-17(12-18)25(26,27)28)20(14-30)22(32-23(33)36-24(2,3)4)19-10-9-16(13-29)11-21(19)37(5,34)35/h6-12,22,31H,1-5H3,(H,32,33)/b20-15-/t22-/m1/s1. The summed E-state index contributed by atoms with van der Waals surface area (Å²) < 4.78 is 69.8. The summed E-state index contributed by atoms with van der Waals surface area (Å²) in [5.74, 6) is 0. The van der Waals surface area contributed by atoms with Gasteiger partial charge in [-0.15, -0.1) is 0 Å². The Labute approximate surface area is 213 Å². The summed E-state index contributed by atoms with van der Waals surface area (Å²) in [5, 5.41) is 24.4. The molecular weight excluding hydrogens is 509 g/mol. The van der Waals surface area contributed by atoms with Gasteiger partial charge >= 0.3 is 12.3 Å². The van der Waals surface area contributed by atoms with E-state index in [0.717, 1.165) is 24.5 Å². The number of allylic oxidation sites excluding steroid dienone is 1. The molecule has 0 bridgehead atoms. The predicted octanol–water partition coefficient (Wildman–Crippen LogP) is 5.46. The molecular formula is C25H25F3N4O4S. The van der Waals surface area contributed by atoms with Crippen LogP contribution in [0.1, 0.15) is 50.4 Å². The number of rotatable bonds is 6. The number of nitrogens with zero attached hydrogens (tertiary/aromatic N) is 2. The minimum absolute atomic E-state index is 0.0132. The van der Waals surface area contributed by atoms with Crippen molar-refractivity contribution in [3.8, 4) is 12.1 Å².